The van der Waals surface area contributed by atoms with E-state index < -0.39 is 10.0 Å². The van der Waals surface area contributed by atoms with Crippen LogP contribution in [-0.2, 0) is 10.0 Å². The van der Waals surface area contributed by atoms with Crippen LogP contribution in [0.3, 0.4) is 0 Å². The average Bonchev–Trinajstić information content (AvgIpc) is 2.74. The van der Waals surface area contributed by atoms with E-state index in [0.29, 0.717) is 37.4 Å². The van der Waals surface area contributed by atoms with Gasteiger partial charge in [-0.25, -0.2) is 8.42 Å². The minimum atomic E-state index is -3.59. The Morgan fingerprint density at radius 3 is 2.43 bits per heavy atom. The zero-order valence-corrected chi connectivity index (χ0v) is 18.7. The second-order valence-electron chi connectivity index (χ2n) is 7.82. The normalized spacial score (nSPS) is 15.0. The van der Waals surface area contributed by atoms with Gasteiger partial charge in [-0.2, -0.15) is 4.31 Å². The fourth-order valence-corrected chi connectivity index (χ4v) is 5.32. The highest BCUT2D eigenvalue weighted by Gasteiger charge is 2.28. The van der Waals surface area contributed by atoms with Crippen LogP contribution >= 0.6 is 0 Å². The zero-order chi connectivity index (χ0) is 21.7. The highest BCUT2D eigenvalue weighted by molar-refractivity contribution is 7.89. The maximum absolute atomic E-state index is 13.0. The van der Waals surface area contributed by atoms with Gasteiger partial charge in [0.05, 0.1) is 11.4 Å². The summed E-state index contributed by atoms with van der Waals surface area (Å²) in [6.07, 6.45) is 2.80. The zero-order valence-electron chi connectivity index (χ0n) is 17.9. The Labute approximate surface area is 179 Å². The molecular formula is C23H30N2O4S. The predicted molar refractivity (Wildman–Crippen MR) is 118 cm³/mol. The van der Waals surface area contributed by atoms with E-state index in [2.05, 4.69) is 5.32 Å². The average molecular weight is 431 g/mol. The van der Waals surface area contributed by atoms with Crippen molar-refractivity contribution in [3.8, 4) is 5.75 Å². The molecular weight excluding hydrogens is 400 g/mol. The molecule has 0 aliphatic carbocycles. The molecule has 0 atom stereocenters. The lowest BCUT2D eigenvalue weighted by Crippen LogP contribution is -2.36. The number of sulfonamides is 1. The van der Waals surface area contributed by atoms with Crippen LogP contribution in [-0.4, -0.2) is 44.9 Å². The molecule has 0 aromatic heterocycles. The number of aryl methyl sites for hydroxylation is 3. The minimum absolute atomic E-state index is 0.212. The van der Waals surface area contributed by atoms with Gasteiger partial charge in [0.15, 0.2) is 0 Å². The van der Waals surface area contributed by atoms with Crippen LogP contribution in [0.15, 0.2) is 41.3 Å². The molecule has 1 aliphatic rings. The van der Waals surface area contributed by atoms with Crippen molar-refractivity contribution in [2.45, 2.75) is 44.9 Å². The van der Waals surface area contributed by atoms with Crippen LogP contribution in [0.4, 0.5) is 0 Å². The van der Waals surface area contributed by atoms with Gasteiger partial charge in [-0.05, 0) is 68.5 Å². The third kappa shape index (κ3) is 5.21. The molecule has 0 bridgehead atoms. The molecule has 30 heavy (non-hydrogen) atoms. The first-order valence-electron chi connectivity index (χ1n) is 10.4. The number of benzene rings is 2. The summed E-state index contributed by atoms with van der Waals surface area (Å²) >= 11 is 0. The highest BCUT2D eigenvalue weighted by atomic mass is 32.2. The van der Waals surface area contributed by atoms with Crippen molar-refractivity contribution < 1.29 is 17.9 Å². The summed E-state index contributed by atoms with van der Waals surface area (Å²) in [6, 6.07) is 10.8. The monoisotopic (exact) mass is 430 g/mol. The second-order valence-corrected chi connectivity index (χ2v) is 9.72. The molecule has 162 valence electrons. The largest absolute Gasteiger partial charge is 0.491 e. The first kappa shape index (κ1) is 22.3. The van der Waals surface area contributed by atoms with Crippen molar-refractivity contribution in [3.05, 3.63) is 58.7 Å². The number of amides is 1. The van der Waals surface area contributed by atoms with Crippen molar-refractivity contribution >= 4 is 15.9 Å². The summed E-state index contributed by atoms with van der Waals surface area (Å²) in [7, 11) is -3.59. The van der Waals surface area contributed by atoms with E-state index >= 15 is 0 Å². The molecule has 3 rings (SSSR count). The predicted octanol–water partition coefficient (Wildman–Crippen LogP) is 3.60. The number of hydrogen-bond donors (Lipinski definition) is 1. The molecule has 0 radical (unpaired) electrons. The van der Waals surface area contributed by atoms with E-state index in [0.717, 1.165) is 36.1 Å². The van der Waals surface area contributed by atoms with Crippen LogP contribution in [0.5, 0.6) is 5.75 Å². The molecule has 6 nitrogen and oxygen atoms in total. The van der Waals surface area contributed by atoms with Gasteiger partial charge in [0.25, 0.3) is 5.91 Å². The number of ether oxygens (including phenoxy) is 1. The fourth-order valence-electron chi connectivity index (χ4n) is 3.55. The summed E-state index contributed by atoms with van der Waals surface area (Å²) in [6.45, 7) is 7.47. The minimum Gasteiger partial charge on any atom is -0.491 e. The standard InChI is InChI=1S/C23H30N2O4S/c1-17-7-8-18(2)21(15-17)29-14-11-24-23(26)20-10-9-19(3)22(16-20)30(27,28)25-12-5-4-6-13-25/h7-10,15-16H,4-6,11-14H2,1-3H3,(H,24,26). The van der Waals surface area contributed by atoms with Crippen molar-refractivity contribution in [3.63, 3.8) is 0 Å². The van der Waals surface area contributed by atoms with Crippen LogP contribution in [0.1, 0.15) is 46.3 Å². The van der Waals surface area contributed by atoms with Gasteiger partial charge in [-0.3, -0.25) is 4.79 Å². The quantitative estimate of drug-likeness (QED) is 0.681. The molecule has 0 saturated carbocycles. The van der Waals surface area contributed by atoms with Crippen molar-refractivity contribution in [2.24, 2.45) is 0 Å². The number of piperidine rings is 1. The van der Waals surface area contributed by atoms with E-state index in [-0.39, 0.29) is 10.8 Å². The van der Waals surface area contributed by atoms with Crippen molar-refractivity contribution in [1.29, 1.82) is 0 Å². The number of carbonyl (C=O) groups excluding carboxylic acids is 1. The number of nitrogens with zero attached hydrogens (tertiary/aromatic N) is 1. The smallest absolute Gasteiger partial charge is 0.251 e. The molecule has 1 aliphatic heterocycles. The van der Waals surface area contributed by atoms with E-state index in [4.69, 9.17) is 4.74 Å². The van der Waals surface area contributed by atoms with Gasteiger partial charge < -0.3 is 10.1 Å². The lowest BCUT2D eigenvalue weighted by atomic mass is 10.1. The fraction of sp³-hybridized carbons (Fsp3) is 0.435. The van der Waals surface area contributed by atoms with Crippen LogP contribution in [0.25, 0.3) is 0 Å². The van der Waals surface area contributed by atoms with Gasteiger partial charge in [0.2, 0.25) is 10.0 Å². The molecule has 0 spiro atoms. The van der Waals surface area contributed by atoms with Crippen LogP contribution < -0.4 is 10.1 Å². The van der Waals surface area contributed by atoms with Crippen LogP contribution in [0.2, 0.25) is 0 Å². The molecule has 1 amide bonds. The molecule has 1 fully saturated rings. The van der Waals surface area contributed by atoms with Gasteiger partial charge in [0.1, 0.15) is 12.4 Å². The number of carbonyl (C=O) groups is 1. The molecule has 1 N–H and O–H groups in total. The van der Waals surface area contributed by atoms with E-state index in [9.17, 15) is 13.2 Å². The molecule has 1 heterocycles. The van der Waals surface area contributed by atoms with Crippen molar-refractivity contribution in [2.75, 3.05) is 26.2 Å². The second kappa shape index (κ2) is 9.62. The summed E-state index contributed by atoms with van der Waals surface area (Å²) < 4.78 is 33.4. The Morgan fingerprint density at radius 2 is 1.70 bits per heavy atom. The Bertz CT molecular complexity index is 1010. The Hall–Kier alpha value is -2.38. The Balaban J connectivity index is 1.63. The number of rotatable bonds is 7. The van der Waals surface area contributed by atoms with E-state index in [1.54, 1.807) is 19.1 Å². The lowest BCUT2D eigenvalue weighted by Gasteiger charge is -2.26. The van der Waals surface area contributed by atoms with Gasteiger partial charge in [0, 0.05) is 18.7 Å². The molecule has 2 aromatic rings. The third-order valence-corrected chi connectivity index (χ3v) is 7.41. The van der Waals surface area contributed by atoms with E-state index in [1.165, 1.54) is 10.4 Å². The summed E-state index contributed by atoms with van der Waals surface area (Å²) in [5.74, 6) is 0.490. The maximum atomic E-state index is 13.0. The van der Waals surface area contributed by atoms with E-state index in [1.807, 2.05) is 32.0 Å². The topological polar surface area (TPSA) is 75.7 Å². The molecule has 2 aromatic carbocycles. The summed E-state index contributed by atoms with van der Waals surface area (Å²) in [4.78, 5) is 12.8. The first-order valence-corrected chi connectivity index (χ1v) is 11.8. The Morgan fingerprint density at radius 1 is 1.00 bits per heavy atom. The first-order chi connectivity index (χ1) is 14.3. The number of nitrogens with one attached hydrogen (secondary N) is 1. The molecule has 7 heteroatoms. The number of hydrogen-bond acceptors (Lipinski definition) is 4. The highest BCUT2D eigenvalue weighted by Crippen LogP contribution is 2.24. The Kier molecular flexibility index (Phi) is 7.15. The van der Waals surface area contributed by atoms with Gasteiger partial charge in [-0.15, -0.1) is 0 Å². The third-order valence-electron chi connectivity index (χ3n) is 5.37. The lowest BCUT2D eigenvalue weighted by molar-refractivity contribution is 0.0946. The van der Waals surface area contributed by atoms with Crippen LogP contribution in [0, 0.1) is 20.8 Å². The van der Waals surface area contributed by atoms with Gasteiger partial charge >= 0.3 is 0 Å². The SMILES string of the molecule is Cc1ccc(C)c(OCCNC(=O)c2ccc(C)c(S(=O)(=O)N3CCCCC3)c2)c1. The molecule has 0 unspecified atom stereocenters. The summed E-state index contributed by atoms with van der Waals surface area (Å²) in [5, 5.41) is 2.81. The molecule has 1 saturated heterocycles. The maximum Gasteiger partial charge on any atom is 0.251 e. The van der Waals surface area contributed by atoms with Crippen molar-refractivity contribution in [1.82, 2.24) is 9.62 Å². The summed E-state index contributed by atoms with van der Waals surface area (Å²) in [5.41, 5.74) is 3.14. The van der Waals surface area contributed by atoms with Gasteiger partial charge in [-0.1, -0.05) is 24.6 Å².